The molecule has 0 saturated carbocycles. The first kappa shape index (κ1) is 10.6. The van der Waals surface area contributed by atoms with E-state index in [0.29, 0.717) is 6.26 Å². The molecule has 0 unspecified atom stereocenters. The molecule has 0 aromatic carbocycles. The van der Waals surface area contributed by atoms with Crippen LogP contribution in [0.15, 0.2) is 12.8 Å². The van der Waals surface area contributed by atoms with Crippen molar-refractivity contribution in [3.8, 4) is 0 Å². The third kappa shape index (κ3) is 9.18. The van der Waals surface area contributed by atoms with Crippen molar-refractivity contribution in [2.75, 3.05) is 0 Å². The Morgan fingerprint density at radius 3 is 2.00 bits per heavy atom. The molecular formula is C2H8O4SSi. The monoisotopic (exact) mass is 156 g/mol. The minimum absolute atomic E-state index is 0. The van der Waals surface area contributed by atoms with Gasteiger partial charge in [-0.25, -0.2) is 0 Å². The zero-order chi connectivity index (χ0) is 5.91. The van der Waals surface area contributed by atoms with Crippen LogP contribution in [0.25, 0.3) is 0 Å². The Labute approximate surface area is 52.1 Å². The molecule has 0 aliphatic rings. The van der Waals surface area contributed by atoms with Crippen LogP contribution in [-0.4, -0.2) is 23.9 Å². The maximum absolute atomic E-state index is 9.49. The van der Waals surface area contributed by atoms with E-state index in [9.17, 15) is 8.42 Å². The summed E-state index contributed by atoms with van der Waals surface area (Å²) < 4.78 is 30.2. The van der Waals surface area contributed by atoms with Gasteiger partial charge in [-0.15, -0.1) is 0 Å². The quantitative estimate of drug-likeness (QED) is 0.300. The Kier molecular flexibility index (Phi) is 4.83. The first-order chi connectivity index (χ1) is 3.06. The molecule has 0 aromatic rings. The highest BCUT2D eigenvalue weighted by atomic mass is 32.3. The maximum atomic E-state index is 9.49. The van der Waals surface area contributed by atoms with Gasteiger partial charge in [-0.2, -0.15) is 8.42 Å². The predicted molar refractivity (Wildman–Crippen MR) is 34.2 cm³/mol. The molecule has 0 fully saturated rings. The SMILES string of the molecule is C=COS(=O)(=O)O.[SiH4]. The highest BCUT2D eigenvalue weighted by molar-refractivity contribution is 7.81. The molecule has 0 aliphatic heterocycles. The molecule has 0 amide bonds. The second-order valence-corrected chi connectivity index (χ2v) is 1.74. The van der Waals surface area contributed by atoms with Gasteiger partial charge in [0.15, 0.2) is 0 Å². The van der Waals surface area contributed by atoms with Gasteiger partial charge in [0.05, 0.1) is 0 Å². The van der Waals surface area contributed by atoms with Gasteiger partial charge in [-0.05, 0) is 11.0 Å². The van der Waals surface area contributed by atoms with Crippen LogP contribution in [0, 0.1) is 0 Å². The van der Waals surface area contributed by atoms with Gasteiger partial charge in [0, 0.05) is 0 Å². The standard InChI is InChI=1S/C2H4O4S.H4Si/c1-2-6-7(3,4)5;/h2H,1H2,(H,3,4,5);1H4. The Balaban J connectivity index is 0. The number of rotatable bonds is 2. The second kappa shape index (κ2) is 3.64. The van der Waals surface area contributed by atoms with Crippen molar-refractivity contribution in [1.29, 1.82) is 0 Å². The summed E-state index contributed by atoms with van der Waals surface area (Å²) in [7, 11) is -4.29. The maximum Gasteiger partial charge on any atom is 0.445 e. The van der Waals surface area contributed by atoms with Crippen molar-refractivity contribution >= 4 is 21.4 Å². The van der Waals surface area contributed by atoms with Crippen LogP contribution in [-0.2, 0) is 14.6 Å². The van der Waals surface area contributed by atoms with Crippen LogP contribution < -0.4 is 0 Å². The van der Waals surface area contributed by atoms with Crippen molar-refractivity contribution in [3.63, 3.8) is 0 Å². The normalized spacial score (nSPS) is 9.12. The first-order valence-corrected chi connectivity index (χ1v) is 2.69. The van der Waals surface area contributed by atoms with E-state index < -0.39 is 10.4 Å². The van der Waals surface area contributed by atoms with Gasteiger partial charge in [0.1, 0.15) is 6.26 Å². The van der Waals surface area contributed by atoms with Gasteiger partial charge < -0.3 is 4.18 Å². The Morgan fingerprint density at radius 1 is 1.62 bits per heavy atom. The molecule has 0 aliphatic carbocycles. The summed E-state index contributed by atoms with van der Waals surface area (Å²) in [5.74, 6) is 0. The first-order valence-electron chi connectivity index (χ1n) is 1.33. The van der Waals surface area contributed by atoms with Crippen LogP contribution >= 0.6 is 0 Å². The predicted octanol–water partition coefficient (Wildman–Crippen LogP) is -1.50. The average Bonchev–Trinajstić information content (AvgIpc) is 1.30. The summed E-state index contributed by atoms with van der Waals surface area (Å²) in [5.41, 5.74) is 0. The third-order valence-electron chi connectivity index (χ3n) is 0.190. The molecule has 6 heteroatoms. The zero-order valence-electron chi connectivity index (χ0n) is 3.36. The van der Waals surface area contributed by atoms with E-state index in [-0.39, 0.29) is 11.0 Å². The lowest BCUT2D eigenvalue weighted by Crippen LogP contribution is -1.96. The van der Waals surface area contributed by atoms with Crippen molar-refractivity contribution in [3.05, 3.63) is 12.8 Å². The van der Waals surface area contributed by atoms with Crippen LogP contribution in [0.4, 0.5) is 0 Å². The van der Waals surface area contributed by atoms with Gasteiger partial charge in [0.25, 0.3) is 0 Å². The molecule has 0 saturated heterocycles. The number of hydrogen-bond donors (Lipinski definition) is 1. The summed E-state index contributed by atoms with van der Waals surface area (Å²) in [6.07, 6.45) is 0.620. The molecule has 1 N–H and O–H groups in total. The lowest BCUT2D eigenvalue weighted by Gasteiger charge is -1.86. The van der Waals surface area contributed by atoms with E-state index in [1.165, 1.54) is 0 Å². The summed E-state index contributed by atoms with van der Waals surface area (Å²) >= 11 is 0. The van der Waals surface area contributed by atoms with Gasteiger partial charge in [0.2, 0.25) is 0 Å². The lowest BCUT2D eigenvalue weighted by atomic mass is 11.2. The van der Waals surface area contributed by atoms with Gasteiger partial charge in [-0.3, -0.25) is 4.55 Å². The highest BCUT2D eigenvalue weighted by Crippen LogP contribution is 1.82. The zero-order valence-corrected chi connectivity index (χ0v) is 4.18. The van der Waals surface area contributed by atoms with Crippen molar-refractivity contribution < 1.29 is 17.2 Å². The van der Waals surface area contributed by atoms with E-state index in [4.69, 9.17) is 4.55 Å². The van der Waals surface area contributed by atoms with Crippen LogP contribution in [0.1, 0.15) is 0 Å². The lowest BCUT2D eigenvalue weighted by molar-refractivity contribution is 0.357. The Morgan fingerprint density at radius 2 is 2.00 bits per heavy atom. The second-order valence-electron chi connectivity index (χ2n) is 0.691. The minimum Gasteiger partial charge on any atom is -0.370 e. The van der Waals surface area contributed by atoms with E-state index >= 15 is 0 Å². The molecule has 4 nitrogen and oxygen atoms in total. The van der Waals surface area contributed by atoms with Crippen molar-refractivity contribution in [2.24, 2.45) is 0 Å². The molecule has 0 spiro atoms. The molecule has 0 heterocycles. The van der Waals surface area contributed by atoms with Crippen LogP contribution in [0.2, 0.25) is 0 Å². The van der Waals surface area contributed by atoms with E-state index in [2.05, 4.69) is 10.8 Å². The molecular weight excluding hydrogens is 148 g/mol. The molecule has 0 aromatic heterocycles. The fourth-order valence-corrected chi connectivity index (χ4v) is 0.258. The molecule has 0 bridgehead atoms. The summed E-state index contributed by atoms with van der Waals surface area (Å²) in [6.45, 7) is 2.88. The Bertz CT molecular complexity index is 147. The van der Waals surface area contributed by atoms with Crippen molar-refractivity contribution in [1.82, 2.24) is 0 Å². The molecule has 0 atom stereocenters. The number of hydrogen-bond acceptors (Lipinski definition) is 3. The van der Waals surface area contributed by atoms with E-state index in [1.54, 1.807) is 0 Å². The summed E-state index contributed by atoms with van der Waals surface area (Å²) in [6, 6.07) is 0. The van der Waals surface area contributed by atoms with Crippen molar-refractivity contribution in [2.45, 2.75) is 0 Å². The largest absolute Gasteiger partial charge is 0.445 e. The molecule has 50 valence electrons. The topological polar surface area (TPSA) is 63.6 Å². The molecule has 8 heavy (non-hydrogen) atoms. The fraction of sp³-hybridized carbons (Fsp3) is 0. The Hall–Kier alpha value is -0.333. The van der Waals surface area contributed by atoms with Crippen LogP contribution in [0.5, 0.6) is 0 Å². The van der Waals surface area contributed by atoms with E-state index in [0.717, 1.165) is 0 Å². The summed E-state index contributed by atoms with van der Waals surface area (Å²) in [4.78, 5) is 0. The van der Waals surface area contributed by atoms with Gasteiger partial charge >= 0.3 is 10.4 Å². The molecule has 0 radical (unpaired) electrons. The minimum atomic E-state index is -4.29. The average molecular weight is 156 g/mol. The summed E-state index contributed by atoms with van der Waals surface area (Å²) in [5, 5.41) is 0. The van der Waals surface area contributed by atoms with Gasteiger partial charge in [-0.1, -0.05) is 6.58 Å². The van der Waals surface area contributed by atoms with Crippen LogP contribution in [0.3, 0.4) is 0 Å². The smallest absolute Gasteiger partial charge is 0.370 e. The third-order valence-corrected chi connectivity index (χ3v) is 0.569. The molecule has 0 rings (SSSR count). The highest BCUT2D eigenvalue weighted by Gasteiger charge is 1.96. The fourth-order valence-electron chi connectivity index (χ4n) is 0.0860. The van der Waals surface area contributed by atoms with E-state index in [1.807, 2.05) is 0 Å².